The van der Waals surface area contributed by atoms with Gasteiger partial charge in [0.15, 0.2) is 0 Å². The zero-order valence-corrected chi connectivity index (χ0v) is 11.3. The summed E-state index contributed by atoms with van der Waals surface area (Å²) in [6.45, 7) is 7.42. The van der Waals surface area contributed by atoms with Gasteiger partial charge in [0, 0.05) is 13.1 Å². The maximum atomic E-state index is 12.3. The second kappa shape index (κ2) is 6.80. The summed E-state index contributed by atoms with van der Waals surface area (Å²) >= 11 is 0. The second-order valence-electron chi connectivity index (χ2n) is 4.74. The monoisotopic (exact) mass is 244 g/mol. The smallest absolute Gasteiger partial charge is 0.244 e. The number of nitrogens with zero attached hydrogens (tertiary/aromatic N) is 2. The maximum Gasteiger partial charge on any atom is 0.244 e. The van der Waals surface area contributed by atoms with Gasteiger partial charge in [-0.3, -0.25) is 4.79 Å². The Morgan fingerprint density at radius 3 is 2.39 bits per heavy atom. The van der Waals surface area contributed by atoms with Crippen molar-refractivity contribution in [2.45, 2.75) is 26.7 Å². The Bertz CT molecular complexity index is 420. The molecule has 18 heavy (non-hydrogen) atoms. The van der Waals surface area contributed by atoms with Gasteiger partial charge in [0.1, 0.15) is 5.92 Å². The molecule has 1 aromatic carbocycles. The van der Waals surface area contributed by atoms with E-state index in [1.165, 1.54) is 0 Å². The Kier molecular flexibility index (Phi) is 5.38. The molecule has 0 aliphatic rings. The number of hydrogen-bond acceptors (Lipinski definition) is 2. The van der Waals surface area contributed by atoms with Crippen molar-refractivity contribution in [2.24, 2.45) is 5.92 Å². The topological polar surface area (TPSA) is 44.1 Å². The van der Waals surface area contributed by atoms with Crippen molar-refractivity contribution in [3.63, 3.8) is 0 Å². The molecule has 0 saturated heterocycles. The molecule has 96 valence electrons. The molecular weight excluding hydrogens is 224 g/mol. The van der Waals surface area contributed by atoms with E-state index in [0.29, 0.717) is 19.0 Å². The van der Waals surface area contributed by atoms with Crippen LogP contribution in [0.1, 0.15) is 32.3 Å². The molecule has 0 radical (unpaired) electrons. The SMILES string of the molecule is CCN(CC(C)C)C(=O)C(C#N)c1ccccc1. The summed E-state index contributed by atoms with van der Waals surface area (Å²) in [5.41, 5.74) is 0.771. The summed E-state index contributed by atoms with van der Waals surface area (Å²) in [4.78, 5) is 14.1. The molecule has 1 rings (SSSR count). The second-order valence-corrected chi connectivity index (χ2v) is 4.74. The van der Waals surface area contributed by atoms with Crippen molar-refractivity contribution < 1.29 is 4.79 Å². The number of carbonyl (C=O) groups is 1. The number of benzene rings is 1. The standard InChI is InChI=1S/C15H20N2O/c1-4-17(11-12(2)3)15(18)14(10-16)13-8-6-5-7-9-13/h5-9,12,14H,4,11H2,1-3H3. The van der Waals surface area contributed by atoms with Crippen LogP contribution in [0, 0.1) is 17.2 Å². The van der Waals surface area contributed by atoms with Crippen LogP contribution < -0.4 is 0 Å². The number of likely N-dealkylation sites (N-methyl/N-ethyl adjacent to an activating group) is 1. The highest BCUT2D eigenvalue weighted by molar-refractivity contribution is 5.86. The van der Waals surface area contributed by atoms with Gasteiger partial charge in [-0.05, 0) is 18.4 Å². The molecule has 0 fully saturated rings. The first-order valence-electron chi connectivity index (χ1n) is 6.33. The number of nitriles is 1. The van der Waals surface area contributed by atoms with E-state index < -0.39 is 5.92 Å². The highest BCUT2D eigenvalue weighted by atomic mass is 16.2. The molecule has 3 heteroatoms. The molecule has 0 heterocycles. The van der Waals surface area contributed by atoms with Gasteiger partial charge in [-0.2, -0.15) is 5.26 Å². The third kappa shape index (κ3) is 3.59. The summed E-state index contributed by atoms with van der Waals surface area (Å²) in [7, 11) is 0. The van der Waals surface area contributed by atoms with Gasteiger partial charge in [-0.15, -0.1) is 0 Å². The highest BCUT2D eigenvalue weighted by Crippen LogP contribution is 2.18. The molecule has 1 atom stereocenters. The highest BCUT2D eigenvalue weighted by Gasteiger charge is 2.25. The predicted molar refractivity (Wildman–Crippen MR) is 71.9 cm³/mol. The van der Waals surface area contributed by atoms with E-state index in [0.717, 1.165) is 5.56 Å². The Labute approximate surface area is 109 Å². The van der Waals surface area contributed by atoms with Crippen LogP contribution in [-0.2, 0) is 4.79 Å². The van der Waals surface area contributed by atoms with E-state index in [4.69, 9.17) is 0 Å². The van der Waals surface area contributed by atoms with Crippen LogP contribution in [0.2, 0.25) is 0 Å². The van der Waals surface area contributed by atoms with Crippen LogP contribution in [0.3, 0.4) is 0 Å². The maximum absolute atomic E-state index is 12.3. The Hall–Kier alpha value is -1.82. The fourth-order valence-corrected chi connectivity index (χ4v) is 1.92. The van der Waals surface area contributed by atoms with Crippen LogP contribution in [0.4, 0.5) is 0 Å². The lowest BCUT2D eigenvalue weighted by molar-refractivity contribution is -0.131. The van der Waals surface area contributed by atoms with Crippen molar-refractivity contribution in [1.29, 1.82) is 5.26 Å². The van der Waals surface area contributed by atoms with Gasteiger partial charge in [0.05, 0.1) is 6.07 Å². The minimum atomic E-state index is -0.690. The summed E-state index contributed by atoms with van der Waals surface area (Å²) < 4.78 is 0. The lowest BCUT2D eigenvalue weighted by Crippen LogP contribution is -2.37. The van der Waals surface area contributed by atoms with Crippen molar-refractivity contribution in [1.82, 2.24) is 4.90 Å². The zero-order chi connectivity index (χ0) is 13.5. The van der Waals surface area contributed by atoms with Gasteiger partial charge in [-0.1, -0.05) is 44.2 Å². The molecule has 0 bridgehead atoms. The Morgan fingerprint density at radius 1 is 1.33 bits per heavy atom. The van der Waals surface area contributed by atoms with Gasteiger partial charge >= 0.3 is 0 Å². The molecule has 0 aliphatic heterocycles. The number of carbonyl (C=O) groups excluding carboxylic acids is 1. The fraction of sp³-hybridized carbons (Fsp3) is 0.467. The lowest BCUT2D eigenvalue weighted by Gasteiger charge is -2.25. The van der Waals surface area contributed by atoms with E-state index in [1.807, 2.05) is 37.3 Å². The van der Waals surface area contributed by atoms with Crippen LogP contribution in [0.25, 0.3) is 0 Å². The molecule has 0 saturated carbocycles. The van der Waals surface area contributed by atoms with E-state index in [-0.39, 0.29) is 5.91 Å². The van der Waals surface area contributed by atoms with Gasteiger partial charge in [0.25, 0.3) is 0 Å². The Balaban J connectivity index is 2.89. The molecule has 0 N–H and O–H groups in total. The van der Waals surface area contributed by atoms with Gasteiger partial charge in [0.2, 0.25) is 5.91 Å². The van der Waals surface area contributed by atoms with E-state index in [2.05, 4.69) is 19.9 Å². The summed E-state index contributed by atoms with van der Waals surface area (Å²) in [6.07, 6.45) is 0. The van der Waals surface area contributed by atoms with Crippen molar-refractivity contribution in [3.8, 4) is 6.07 Å². The molecular formula is C15H20N2O. The number of hydrogen-bond donors (Lipinski definition) is 0. The minimum absolute atomic E-state index is 0.0973. The minimum Gasteiger partial charge on any atom is -0.341 e. The fourth-order valence-electron chi connectivity index (χ4n) is 1.92. The van der Waals surface area contributed by atoms with Gasteiger partial charge in [-0.25, -0.2) is 0 Å². The van der Waals surface area contributed by atoms with Gasteiger partial charge < -0.3 is 4.90 Å². The average molecular weight is 244 g/mol. The van der Waals surface area contributed by atoms with Crippen LogP contribution >= 0.6 is 0 Å². The molecule has 0 aromatic heterocycles. The normalized spacial score (nSPS) is 11.9. The summed E-state index contributed by atoms with van der Waals surface area (Å²) in [6, 6.07) is 11.4. The van der Waals surface area contributed by atoms with Crippen LogP contribution in [0.15, 0.2) is 30.3 Å². The lowest BCUT2D eigenvalue weighted by atomic mass is 9.98. The van der Waals surface area contributed by atoms with Crippen molar-refractivity contribution in [2.75, 3.05) is 13.1 Å². The molecule has 1 aromatic rings. The first-order chi connectivity index (χ1) is 8.60. The molecule has 3 nitrogen and oxygen atoms in total. The molecule has 0 aliphatic carbocycles. The Morgan fingerprint density at radius 2 is 1.94 bits per heavy atom. The first-order valence-corrected chi connectivity index (χ1v) is 6.33. The molecule has 1 unspecified atom stereocenters. The van der Waals surface area contributed by atoms with Crippen molar-refractivity contribution >= 4 is 5.91 Å². The van der Waals surface area contributed by atoms with E-state index in [9.17, 15) is 10.1 Å². The third-order valence-electron chi connectivity index (χ3n) is 2.79. The van der Waals surface area contributed by atoms with Crippen LogP contribution in [-0.4, -0.2) is 23.9 Å². The first kappa shape index (κ1) is 14.2. The summed E-state index contributed by atoms with van der Waals surface area (Å²) in [5.74, 6) is -0.381. The van der Waals surface area contributed by atoms with Crippen LogP contribution in [0.5, 0.6) is 0 Å². The zero-order valence-electron chi connectivity index (χ0n) is 11.3. The summed E-state index contributed by atoms with van der Waals surface area (Å²) in [5, 5.41) is 9.23. The molecule has 1 amide bonds. The number of rotatable bonds is 5. The largest absolute Gasteiger partial charge is 0.341 e. The number of amides is 1. The van der Waals surface area contributed by atoms with Crippen molar-refractivity contribution in [3.05, 3.63) is 35.9 Å². The van der Waals surface area contributed by atoms with E-state index in [1.54, 1.807) is 4.90 Å². The quantitative estimate of drug-likeness (QED) is 0.799. The molecule has 0 spiro atoms. The predicted octanol–water partition coefficient (Wildman–Crippen LogP) is 2.80. The average Bonchev–Trinajstić information content (AvgIpc) is 2.37. The third-order valence-corrected chi connectivity index (χ3v) is 2.79. The van der Waals surface area contributed by atoms with E-state index >= 15 is 0 Å².